The molecule has 6 nitrogen and oxygen atoms in total. The Morgan fingerprint density at radius 3 is 2.68 bits per heavy atom. The first-order valence-corrected chi connectivity index (χ1v) is 9.73. The van der Waals surface area contributed by atoms with Crippen molar-refractivity contribution in [2.45, 2.75) is 32.7 Å². The van der Waals surface area contributed by atoms with Gasteiger partial charge in [-0.05, 0) is 43.9 Å². The zero-order valence-electron chi connectivity index (χ0n) is 16.0. The first kappa shape index (κ1) is 18.2. The number of imidazole rings is 1. The Morgan fingerprint density at radius 1 is 1.07 bits per heavy atom. The summed E-state index contributed by atoms with van der Waals surface area (Å²) in [6, 6.07) is 13.5. The fourth-order valence-corrected chi connectivity index (χ4v) is 3.68. The number of aryl methyl sites for hydroxylation is 1. The molecule has 1 saturated heterocycles. The number of amides is 2. The number of benzene rings is 1. The van der Waals surface area contributed by atoms with Crippen molar-refractivity contribution in [1.29, 1.82) is 0 Å². The third-order valence-electron chi connectivity index (χ3n) is 5.13. The van der Waals surface area contributed by atoms with Crippen LogP contribution in [0.3, 0.4) is 0 Å². The van der Waals surface area contributed by atoms with Gasteiger partial charge in [0.05, 0.1) is 5.52 Å². The smallest absolute Gasteiger partial charge is 0.290 e. The molecule has 0 bridgehead atoms. The molecule has 0 spiro atoms. The van der Waals surface area contributed by atoms with Crippen LogP contribution in [0.2, 0.25) is 0 Å². The lowest BCUT2D eigenvalue weighted by Gasteiger charge is -2.25. The quantitative estimate of drug-likeness (QED) is 0.760. The van der Waals surface area contributed by atoms with Crippen LogP contribution >= 0.6 is 0 Å². The molecule has 0 radical (unpaired) electrons. The summed E-state index contributed by atoms with van der Waals surface area (Å²) in [5.74, 6) is -0.0836. The van der Waals surface area contributed by atoms with Gasteiger partial charge in [-0.2, -0.15) is 0 Å². The summed E-state index contributed by atoms with van der Waals surface area (Å²) in [6.07, 6.45) is 4.97. The van der Waals surface area contributed by atoms with Gasteiger partial charge < -0.3 is 10.2 Å². The van der Waals surface area contributed by atoms with Crippen LogP contribution in [0, 0.1) is 6.92 Å². The zero-order chi connectivity index (χ0) is 19.5. The molecule has 3 aromatic rings. The van der Waals surface area contributed by atoms with Crippen LogP contribution in [0.5, 0.6) is 0 Å². The van der Waals surface area contributed by atoms with E-state index >= 15 is 0 Å². The predicted octanol–water partition coefficient (Wildman–Crippen LogP) is 3.20. The van der Waals surface area contributed by atoms with E-state index in [-0.39, 0.29) is 17.5 Å². The third-order valence-corrected chi connectivity index (χ3v) is 5.13. The van der Waals surface area contributed by atoms with E-state index in [9.17, 15) is 9.59 Å². The minimum atomic E-state index is -0.275. The highest BCUT2D eigenvalue weighted by atomic mass is 16.2. The molecule has 0 atom stereocenters. The molecule has 0 aliphatic carbocycles. The van der Waals surface area contributed by atoms with E-state index in [1.807, 2.05) is 54.3 Å². The molecule has 3 heterocycles. The summed E-state index contributed by atoms with van der Waals surface area (Å²) >= 11 is 0. The number of hydrogen-bond donors (Lipinski definition) is 1. The Morgan fingerprint density at radius 2 is 1.89 bits per heavy atom. The van der Waals surface area contributed by atoms with Gasteiger partial charge in [0.15, 0.2) is 5.69 Å². The van der Waals surface area contributed by atoms with E-state index in [2.05, 4.69) is 10.3 Å². The minimum Gasteiger partial charge on any atom is -0.347 e. The van der Waals surface area contributed by atoms with E-state index in [4.69, 9.17) is 0 Å². The Balaban J connectivity index is 1.60. The van der Waals surface area contributed by atoms with Crippen LogP contribution in [0.15, 0.2) is 48.7 Å². The molecule has 1 aliphatic heterocycles. The molecular weight excluding hydrogens is 352 g/mol. The van der Waals surface area contributed by atoms with Gasteiger partial charge in [0, 0.05) is 25.8 Å². The number of rotatable bonds is 4. The van der Waals surface area contributed by atoms with Crippen LogP contribution in [-0.4, -0.2) is 39.2 Å². The first-order chi connectivity index (χ1) is 13.6. The van der Waals surface area contributed by atoms with Crippen molar-refractivity contribution in [2.24, 2.45) is 0 Å². The Bertz CT molecular complexity index is 1020. The number of pyridine rings is 1. The highest BCUT2D eigenvalue weighted by Crippen LogP contribution is 2.17. The summed E-state index contributed by atoms with van der Waals surface area (Å²) in [6.45, 7) is 3.93. The number of nitrogens with zero attached hydrogens (tertiary/aromatic N) is 3. The maximum atomic E-state index is 13.0. The van der Waals surface area contributed by atoms with E-state index in [1.54, 1.807) is 10.6 Å². The Labute approximate surface area is 164 Å². The summed E-state index contributed by atoms with van der Waals surface area (Å²) < 4.78 is 1.72. The summed E-state index contributed by atoms with van der Waals surface area (Å²) in [5, 5.41) is 2.93. The Hall–Kier alpha value is -3.15. The predicted molar refractivity (Wildman–Crippen MR) is 107 cm³/mol. The van der Waals surface area contributed by atoms with Gasteiger partial charge in [0.2, 0.25) is 5.82 Å². The molecule has 6 heteroatoms. The molecular formula is C22H24N4O2. The van der Waals surface area contributed by atoms with Gasteiger partial charge in [-0.15, -0.1) is 0 Å². The number of carbonyl (C=O) groups is 2. The van der Waals surface area contributed by atoms with Crippen LogP contribution < -0.4 is 5.32 Å². The lowest BCUT2D eigenvalue weighted by molar-refractivity contribution is 0.0711. The van der Waals surface area contributed by atoms with E-state index in [0.717, 1.165) is 43.5 Å². The van der Waals surface area contributed by atoms with Crippen molar-refractivity contribution in [2.75, 3.05) is 13.1 Å². The van der Waals surface area contributed by atoms with E-state index < -0.39 is 0 Å². The molecule has 1 aromatic carbocycles. The van der Waals surface area contributed by atoms with Crippen molar-refractivity contribution in [3.05, 3.63) is 71.3 Å². The molecule has 1 aliphatic rings. The lowest BCUT2D eigenvalue weighted by Crippen LogP contribution is -2.36. The van der Waals surface area contributed by atoms with Crippen molar-refractivity contribution < 1.29 is 9.59 Å². The normalized spacial score (nSPS) is 14.2. The van der Waals surface area contributed by atoms with Gasteiger partial charge in [-0.25, -0.2) is 4.98 Å². The van der Waals surface area contributed by atoms with Crippen molar-refractivity contribution >= 4 is 17.3 Å². The molecule has 144 valence electrons. The molecule has 2 amide bonds. The second-order valence-electron chi connectivity index (χ2n) is 7.26. The van der Waals surface area contributed by atoms with Crippen molar-refractivity contribution in [1.82, 2.24) is 19.6 Å². The van der Waals surface area contributed by atoms with Gasteiger partial charge >= 0.3 is 0 Å². The highest BCUT2D eigenvalue weighted by molar-refractivity contribution is 6.02. The first-order valence-electron chi connectivity index (χ1n) is 9.73. The Kier molecular flexibility index (Phi) is 5.10. The maximum Gasteiger partial charge on any atom is 0.290 e. The van der Waals surface area contributed by atoms with Gasteiger partial charge in [-0.1, -0.05) is 35.9 Å². The number of aromatic nitrogens is 2. The number of carbonyl (C=O) groups excluding carboxylic acids is 2. The van der Waals surface area contributed by atoms with Gasteiger partial charge in [0.25, 0.3) is 11.8 Å². The van der Waals surface area contributed by atoms with Crippen LogP contribution in [0.1, 0.15) is 51.5 Å². The van der Waals surface area contributed by atoms with Gasteiger partial charge in [0.1, 0.15) is 0 Å². The number of likely N-dealkylation sites (tertiary alicyclic amines) is 1. The standard InChI is InChI=1S/C22H24N4O2/c1-16-8-7-9-17(14-16)15-23-21(27)19-18-10-3-6-13-26(18)20(24-19)22(28)25-11-4-2-5-12-25/h3,6-10,13-14H,2,4-5,11-12,15H2,1H3,(H,23,27). The third kappa shape index (κ3) is 3.63. The van der Waals surface area contributed by atoms with Crippen molar-refractivity contribution in [3.8, 4) is 0 Å². The second-order valence-corrected chi connectivity index (χ2v) is 7.26. The summed E-state index contributed by atoms with van der Waals surface area (Å²) in [4.78, 5) is 32.1. The summed E-state index contributed by atoms with van der Waals surface area (Å²) in [7, 11) is 0. The fraction of sp³-hybridized carbons (Fsp3) is 0.318. The second kappa shape index (κ2) is 7.84. The molecule has 0 saturated carbocycles. The van der Waals surface area contributed by atoms with Crippen molar-refractivity contribution in [3.63, 3.8) is 0 Å². The van der Waals surface area contributed by atoms with Gasteiger partial charge in [-0.3, -0.25) is 14.0 Å². The molecule has 0 unspecified atom stereocenters. The maximum absolute atomic E-state index is 13.0. The average molecular weight is 376 g/mol. The topological polar surface area (TPSA) is 66.7 Å². The number of nitrogens with one attached hydrogen (secondary N) is 1. The molecule has 28 heavy (non-hydrogen) atoms. The average Bonchev–Trinajstić information content (AvgIpc) is 3.12. The monoisotopic (exact) mass is 376 g/mol. The minimum absolute atomic E-state index is 0.112. The van der Waals surface area contributed by atoms with E-state index in [1.165, 1.54) is 0 Å². The SMILES string of the molecule is Cc1cccc(CNC(=O)c2nc(C(=O)N3CCCCC3)n3ccccc23)c1. The lowest BCUT2D eigenvalue weighted by atomic mass is 10.1. The van der Waals surface area contributed by atoms with Crippen LogP contribution in [-0.2, 0) is 6.54 Å². The molecule has 1 fully saturated rings. The van der Waals surface area contributed by atoms with Crippen LogP contribution in [0.4, 0.5) is 0 Å². The largest absolute Gasteiger partial charge is 0.347 e. The zero-order valence-corrected chi connectivity index (χ0v) is 16.0. The highest BCUT2D eigenvalue weighted by Gasteiger charge is 2.25. The molecule has 4 rings (SSSR count). The number of hydrogen-bond acceptors (Lipinski definition) is 3. The summed E-state index contributed by atoms with van der Waals surface area (Å²) in [5.41, 5.74) is 3.10. The van der Waals surface area contributed by atoms with E-state index in [0.29, 0.717) is 17.9 Å². The molecule has 1 N–H and O–H groups in total. The fourth-order valence-electron chi connectivity index (χ4n) is 3.68. The van der Waals surface area contributed by atoms with Crippen LogP contribution in [0.25, 0.3) is 5.52 Å². The molecule has 2 aromatic heterocycles. The number of fused-ring (bicyclic) bond motifs is 1. The number of piperidine rings is 1.